The molecule has 0 aliphatic heterocycles. The number of pyridine rings is 1. The van der Waals surface area contributed by atoms with E-state index < -0.39 is 21.3 Å². The highest BCUT2D eigenvalue weighted by atomic mass is 79.9. The number of aromatic nitrogens is 1. The molecule has 1 aliphatic rings. The summed E-state index contributed by atoms with van der Waals surface area (Å²) in [5.41, 5.74) is 1.54. The first-order valence-electron chi connectivity index (χ1n) is 8.57. The van der Waals surface area contributed by atoms with Crippen LogP contribution in [0.5, 0.6) is 0 Å². The minimum absolute atomic E-state index is 0.00508. The van der Waals surface area contributed by atoms with Gasteiger partial charge in [-0.2, -0.15) is 0 Å². The summed E-state index contributed by atoms with van der Waals surface area (Å²) in [7, 11) is -3.58. The monoisotopic (exact) mass is 450 g/mol. The third-order valence-electron chi connectivity index (χ3n) is 4.38. The number of nitrogens with one attached hydrogen (secondary N) is 2. The van der Waals surface area contributed by atoms with Crippen LogP contribution in [0.15, 0.2) is 56.0 Å². The number of sulfone groups is 1. The van der Waals surface area contributed by atoms with Gasteiger partial charge in [-0.3, -0.25) is 9.59 Å². The normalized spacial score (nSPS) is 14.1. The number of H-pyrrole nitrogens is 1. The molecule has 3 rings (SSSR count). The average Bonchev–Trinajstić information content (AvgIpc) is 2.65. The number of aromatic amines is 1. The highest BCUT2D eigenvalue weighted by molar-refractivity contribution is 9.10. The van der Waals surface area contributed by atoms with Crippen molar-refractivity contribution in [2.45, 2.75) is 30.6 Å². The molecule has 142 valence electrons. The molecule has 1 heterocycles. The van der Waals surface area contributed by atoms with Crippen molar-refractivity contribution in [3.05, 3.63) is 73.5 Å². The molecule has 0 atom stereocenters. The molecular weight excluding hydrogens is 432 g/mol. The maximum absolute atomic E-state index is 12.3. The average molecular weight is 451 g/mol. The van der Waals surface area contributed by atoms with E-state index in [9.17, 15) is 18.0 Å². The number of rotatable bonds is 5. The predicted octanol–water partition coefficient (Wildman–Crippen LogP) is 2.73. The van der Waals surface area contributed by atoms with Crippen LogP contribution in [0.25, 0.3) is 0 Å². The largest absolute Gasteiger partial charge is 0.348 e. The Morgan fingerprint density at radius 3 is 2.63 bits per heavy atom. The second kappa shape index (κ2) is 8.22. The minimum atomic E-state index is -3.58. The van der Waals surface area contributed by atoms with Crippen molar-refractivity contribution in [3.8, 4) is 0 Å². The Morgan fingerprint density at radius 1 is 1.19 bits per heavy atom. The topological polar surface area (TPSA) is 96.1 Å². The summed E-state index contributed by atoms with van der Waals surface area (Å²) in [5, 5.41) is 3.61. The van der Waals surface area contributed by atoms with Gasteiger partial charge in [0.2, 0.25) is 0 Å². The van der Waals surface area contributed by atoms with Crippen LogP contribution in [0.2, 0.25) is 0 Å². The third-order valence-corrected chi connectivity index (χ3v) is 6.39. The molecule has 2 aromatic rings. The van der Waals surface area contributed by atoms with Crippen LogP contribution in [0, 0.1) is 0 Å². The second-order valence-electron chi connectivity index (χ2n) is 6.30. The van der Waals surface area contributed by atoms with Crippen molar-refractivity contribution in [1.82, 2.24) is 10.3 Å². The summed E-state index contributed by atoms with van der Waals surface area (Å²) < 4.78 is 25.2. The van der Waals surface area contributed by atoms with Crippen LogP contribution in [0.1, 0.15) is 34.5 Å². The fourth-order valence-corrected chi connectivity index (χ4v) is 4.25. The molecule has 0 bridgehead atoms. The van der Waals surface area contributed by atoms with E-state index in [1.807, 2.05) is 0 Å². The summed E-state index contributed by atoms with van der Waals surface area (Å²) in [6, 6.07) is 7.92. The summed E-state index contributed by atoms with van der Waals surface area (Å²) in [6.07, 6.45) is 5.09. The molecular formula is C19H19BrN2O4S. The second-order valence-corrected chi connectivity index (χ2v) is 9.05. The van der Waals surface area contributed by atoms with E-state index in [0.717, 1.165) is 46.8 Å². The van der Waals surface area contributed by atoms with Crippen LogP contribution in [0.4, 0.5) is 0 Å². The van der Waals surface area contributed by atoms with Crippen LogP contribution < -0.4 is 10.9 Å². The number of aryl methyl sites for hydroxylation is 2. The summed E-state index contributed by atoms with van der Waals surface area (Å²) in [6.45, 7) is 0.00508. The predicted molar refractivity (Wildman–Crippen MR) is 107 cm³/mol. The Kier molecular flexibility index (Phi) is 5.96. The molecule has 0 saturated carbocycles. The zero-order valence-electron chi connectivity index (χ0n) is 14.5. The van der Waals surface area contributed by atoms with E-state index in [1.165, 1.54) is 18.2 Å². The molecule has 8 heteroatoms. The summed E-state index contributed by atoms with van der Waals surface area (Å²) in [4.78, 5) is 27.3. The number of carbonyl (C=O) groups is 1. The third kappa shape index (κ3) is 4.75. The Hall–Kier alpha value is -2.19. The molecule has 2 N–H and O–H groups in total. The fraction of sp³-hybridized carbons (Fsp3) is 0.263. The van der Waals surface area contributed by atoms with Crippen LogP contribution >= 0.6 is 15.9 Å². The zero-order chi connectivity index (χ0) is 19.4. The Labute approximate surface area is 165 Å². The van der Waals surface area contributed by atoms with Crippen LogP contribution in [-0.2, 0) is 22.7 Å². The Balaban J connectivity index is 1.65. The lowest BCUT2D eigenvalue weighted by Crippen LogP contribution is -2.31. The quantitative estimate of drug-likeness (QED) is 0.731. The number of carbonyl (C=O) groups excluding carboxylic acids is 1. The molecule has 1 aromatic carbocycles. The van der Waals surface area contributed by atoms with E-state index in [2.05, 4.69) is 26.2 Å². The van der Waals surface area contributed by atoms with Gasteiger partial charge in [-0.25, -0.2) is 8.42 Å². The molecule has 0 unspecified atom stereocenters. The molecule has 1 aromatic heterocycles. The number of hydrogen-bond acceptors (Lipinski definition) is 4. The van der Waals surface area contributed by atoms with Gasteiger partial charge in [0, 0.05) is 22.1 Å². The smallest absolute Gasteiger partial charge is 0.261 e. The molecule has 6 nitrogen and oxygen atoms in total. The SMILES string of the molecule is O=C(NC/C=C/S(=O)(=O)c1ccc(Br)cc1)c1cc2c([nH]c1=O)CCCC2. The standard InChI is InChI=1S/C19H19BrN2O4S/c20-14-6-8-15(9-7-14)27(25,26)11-3-10-21-18(23)16-12-13-4-1-2-5-17(13)22-19(16)24/h3,6-9,11-12H,1-2,4-5,10H2,(H,21,23)(H,22,24)/b11-3+. The number of benzene rings is 1. The lowest BCUT2D eigenvalue weighted by Gasteiger charge is -2.15. The van der Waals surface area contributed by atoms with E-state index >= 15 is 0 Å². The first-order chi connectivity index (χ1) is 12.9. The molecule has 0 fully saturated rings. The summed E-state index contributed by atoms with van der Waals surface area (Å²) >= 11 is 3.25. The van der Waals surface area contributed by atoms with Crippen molar-refractivity contribution >= 4 is 31.7 Å². The molecule has 27 heavy (non-hydrogen) atoms. The Bertz CT molecular complexity index is 1040. The van der Waals surface area contributed by atoms with Crippen molar-refractivity contribution in [2.75, 3.05) is 6.54 Å². The number of halogens is 1. The molecule has 0 radical (unpaired) electrons. The lowest BCUT2D eigenvalue weighted by molar-refractivity contribution is 0.0956. The fourth-order valence-electron chi connectivity index (χ4n) is 2.97. The maximum atomic E-state index is 12.3. The van der Waals surface area contributed by atoms with Gasteiger partial charge < -0.3 is 10.3 Å². The lowest BCUT2D eigenvalue weighted by atomic mass is 9.95. The molecule has 0 spiro atoms. The molecule has 0 saturated heterocycles. The van der Waals surface area contributed by atoms with Crippen LogP contribution in [-0.4, -0.2) is 25.9 Å². The first kappa shape index (κ1) is 19.6. The van der Waals surface area contributed by atoms with Gasteiger partial charge in [-0.05, 0) is 61.6 Å². The number of fused-ring (bicyclic) bond motifs is 1. The highest BCUT2D eigenvalue weighted by Crippen LogP contribution is 2.18. The Morgan fingerprint density at radius 2 is 1.89 bits per heavy atom. The first-order valence-corrected chi connectivity index (χ1v) is 10.9. The van der Waals surface area contributed by atoms with Gasteiger partial charge in [0.15, 0.2) is 9.84 Å². The van der Waals surface area contributed by atoms with Gasteiger partial charge >= 0.3 is 0 Å². The van der Waals surface area contributed by atoms with Crippen molar-refractivity contribution in [2.24, 2.45) is 0 Å². The van der Waals surface area contributed by atoms with Gasteiger partial charge in [-0.15, -0.1) is 0 Å². The summed E-state index contributed by atoms with van der Waals surface area (Å²) in [5.74, 6) is -0.518. The van der Waals surface area contributed by atoms with E-state index in [-0.39, 0.29) is 17.0 Å². The van der Waals surface area contributed by atoms with Gasteiger partial charge in [0.05, 0.1) is 4.90 Å². The number of amides is 1. The van der Waals surface area contributed by atoms with E-state index in [0.29, 0.717) is 0 Å². The van der Waals surface area contributed by atoms with Gasteiger partial charge in [0.1, 0.15) is 5.56 Å². The highest BCUT2D eigenvalue weighted by Gasteiger charge is 2.16. The van der Waals surface area contributed by atoms with Gasteiger partial charge in [0.25, 0.3) is 11.5 Å². The van der Waals surface area contributed by atoms with Crippen LogP contribution in [0.3, 0.4) is 0 Å². The molecule has 1 amide bonds. The number of hydrogen-bond donors (Lipinski definition) is 2. The van der Waals surface area contributed by atoms with E-state index in [4.69, 9.17) is 0 Å². The maximum Gasteiger partial charge on any atom is 0.261 e. The van der Waals surface area contributed by atoms with Crippen molar-refractivity contribution in [3.63, 3.8) is 0 Å². The minimum Gasteiger partial charge on any atom is -0.348 e. The van der Waals surface area contributed by atoms with E-state index in [1.54, 1.807) is 18.2 Å². The van der Waals surface area contributed by atoms with Gasteiger partial charge in [-0.1, -0.05) is 22.0 Å². The van der Waals surface area contributed by atoms with Crippen molar-refractivity contribution in [1.29, 1.82) is 0 Å². The molecule has 1 aliphatic carbocycles. The van der Waals surface area contributed by atoms with Crippen molar-refractivity contribution < 1.29 is 13.2 Å². The zero-order valence-corrected chi connectivity index (χ0v) is 16.9.